The van der Waals surface area contributed by atoms with E-state index < -0.39 is 0 Å². The number of hydrogen-bond donors (Lipinski definition) is 1. The van der Waals surface area contributed by atoms with E-state index in [0.29, 0.717) is 18.9 Å². The van der Waals surface area contributed by atoms with Crippen molar-refractivity contribution in [2.24, 2.45) is 13.0 Å². The normalized spacial score (nSPS) is 19.6. The predicted molar refractivity (Wildman–Crippen MR) is 74.9 cm³/mol. The number of nitrogens with one attached hydrogen (secondary N) is 1. The third-order valence-corrected chi connectivity index (χ3v) is 3.51. The van der Waals surface area contributed by atoms with E-state index in [2.05, 4.69) is 24.3 Å². The van der Waals surface area contributed by atoms with E-state index in [-0.39, 0.29) is 24.4 Å². The highest BCUT2D eigenvalue weighted by Crippen LogP contribution is 2.16. The van der Waals surface area contributed by atoms with Gasteiger partial charge in [0.25, 0.3) is 0 Å². The molecule has 20 heavy (non-hydrogen) atoms. The van der Waals surface area contributed by atoms with Crippen molar-refractivity contribution in [1.82, 2.24) is 20.0 Å². The molecule has 1 aliphatic rings. The van der Waals surface area contributed by atoms with Crippen LogP contribution in [0.2, 0.25) is 0 Å². The summed E-state index contributed by atoms with van der Waals surface area (Å²) in [7, 11) is 1.87. The lowest BCUT2D eigenvalue weighted by Crippen LogP contribution is -2.59. The summed E-state index contributed by atoms with van der Waals surface area (Å²) in [4.78, 5) is 25.7. The van der Waals surface area contributed by atoms with Crippen LogP contribution in [0.3, 0.4) is 0 Å². The van der Waals surface area contributed by atoms with Crippen LogP contribution in [0, 0.1) is 5.92 Å². The van der Waals surface area contributed by atoms with Gasteiger partial charge < -0.3 is 10.2 Å². The van der Waals surface area contributed by atoms with Crippen molar-refractivity contribution in [3.8, 4) is 0 Å². The van der Waals surface area contributed by atoms with Crippen molar-refractivity contribution in [3.05, 3.63) is 18.0 Å². The Bertz CT molecular complexity index is 495. The van der Waals surface area contributed by atoms with Crippen LogP contribution < -0.4 is 5.32 Å². The summed E-state index contributed by atoms with van der Waals surface area (Å²) in [6.45, 7) is 4.80. The molecule has 1 unspecified atom stereocenters. The first kappa shape index (κ1) is 14.6. The van der Waals surface area contributed by atoms with Gasteiger partial charge in [-0.2, -0.15) is 5.10 Å². The van der Waals surface area contributed by atoms with Crippen LogP contribution in [-0.2, 0) is 23.1 Å². The van der Waals surface area contributed by atoms with E-state index in [4.69, 9.17) is 0 Å². The molecule has 1 aromatic heterocycles. The second-order valence-corrected chi connectivity index (χ2v) is 5.72. The molecule has 0 aliphatic carbocycles. The van der Waals surface area contributed by atoms with Gasteiger partial charge in [-0.05, 0) is 24.3 Å². The van der Waals surface area contributed by atoms with Crippen LogP contribution in [0.15, 0.2) is 12.4 Å². The zero-order chi connectivity index (χ0) is 14.7. The summed E-state index contributed by atoms with van der Waals surface area (Å²) < 4.78 is 1.74. The van der Waals surface area contributed by atoms with E-state index in [1.165, 1.54) is 0 Å². The van der Waals surface area contributed by atoms with Crippen molar-refractivity contribution in [2.45, 2.75) is 32.7 Å². The molecule has 1 atom stereocenters. The lowest BCUT2D eigenvalue weighted by Gasteiger charge is -2.35. The van der Waals surface area contributed by atoms with Gasteiger partial charge in [-0.3, -0.25) is 14.3 Å². The largest absolute Gasteiger partial charge is 0.345 e. The molecule has 0 radical (unpaired) electrons. The number of carbonyl (C=O) groups excluding carboxylic acids is 2. The molecule has 1 N–H and O–H groups in total. The summed E-state index contributed by atoms with van der Waals surface area (Å²) in [5, 5.41) is 6.79. The van der Waals surface area contributed by atoms with Crippen LogP contribution in [0.4, 0.5) is 0 Å². The Morgan fingerprint density at radius 2 is 2.20 bits per heavy atom. The molecule has 0 spiro atoms. The number of amides is 2. The third kappa shape index (κ3) is 3.37. The lowest BCUT2D eigenvalue weighted by atomic mass is 9.99. The molecule has 1 aliphatic heterocycles. The average molecular weight is 278 g/mol. The number of carbonyl (C=O) groups is 2. The topological polar surface area (TPSA) is 67.2 Å². The third-order valence-electron chi connectivity index (χ3n) is 3.51. The Balaban J connectivity index is 2.04. The summed E-state index contributed by atoms with van der Waals surface area (Å²) in [5.74, 6) is 0.334. The maximum atomic E-state index is 12.0. The molecule has 2 heterocycles. The monoisotopic (exact) mass is 278 g/mol. The predicted octanol–water partition coefficient (Wildman–Crippen LogP) is 0.336. The number of rotatable bonds is 5. The molecular weight excluding hydrogens is 256 g/mol. The summed E-state index contributed by atoms with van der Waals surface area (Å²) >= 11 is 0. The molecule has 1 fully saturated rings. The number of aromatic nitrogens is 2. The van der Waals surface area contributed by atoms with E-state index in [9.17, 15) is 9.59 Å². The zero-order valence-corrected chi connectivity index (χ0v) is 12.3. The van der Waals surface area contributed by atoms with Gasteiger partial charge in [0, 0.05) is 19.8 Å². The minimum atomic E-state index is -0.340. The van der Waals surface area contributed by atoms with Crippen molar-refractivity contribution >= 4 is 11.8 Å². The fraction of sp³-hybridized carbons (Fsp3) is 0.643. The van der Waals surface area contributed by atoms with Gasteiger partial charge in [0.05, 0.1) is 12.7 Å². The maximum Gasteiger partial charge on any atom is 0.243 e. The number of hydrogen-bond acceptors (Lipinski definition) is 3. The van der Waals surface area contributed by atoms with Gasteiger partial charge in [0.15, 0.2) is 0 Å². The highest BCUT2D eigenvalue weighted by atomic mass is 16.2. The van der Waals surface area contributed by atoms with E-state index in [1.807, 2.05) is 13.2 Å². The van der Waals surface area contributed by atoms with Crippen LogP contribution in [0.5, 0.6) is 0 Å². The fourth-order valence-electron chi connectivity index (χ4n) is 2.51. The Labute approximate surface area is 119 Å². The summed E-state index contributed by atoms with van der Waals surface area (Å²) in [6.07, 6.45) is 5.16. The van der Waals surface area contributed by atoms with Crippen molar-refractivity contribution in [1.29, 1.82) is 0 Å². The second kappa shape index (κ2) is 6.07. The molecule has 0 bridgehead atoms. The second-order valence-electron chi connectivity index (χ2n) is 5.72. The van der Waals surface area contributed by atoms with Crippen LogP contribution in [-0.4, -0.2) is 45.6 Å². The molecule has 6 nitrogen and oxygen atoms in total. The SMILES string of the molecule is CC(C)CC1C(=O)NCC(=O)N1CCc1cnn(C)c1. The molecule has 2 amide bonds. The first-order chi connectivity index (χ1) is 9.47. The van der Waals surface area contributed by atoms with Gasteiger partial charge in [-0.25, -0.2) is 0 Å². The van der Waals surface area contributed by atoms with Gasteiger partial charge in [-0.1, -0.05) is 13.8 Å². The zero-order valence-electron chi connectivity index (χ0n) is 12.3. The highest BCUT2D eigenvalue weighted by Gasteiger charge is 2.34. The maximum absolute atomic E-state index is 12.0. The van der Waals surface area contributed by atoms with Crippen molar-refractivity contribution < 1.29 is 9.59 Å². The molecule has 0 aromatic carbocycles. The standard InChI is InChI=1S/C14H22N4O2/c1-10(2)6-12-14(20)15-8-13(19)18(12)5-4-11-7-16-17(3)9-11/h7,9-10,12H,4-6,8H2,1-3H3,(H,15,20). The Kier molecular flexibility index (Phi) is 4.42. The lowest BCUT2D eigenvalue weighted by molar-refractivity contribution is -0.146. The number of piperazine rings is 1. The van der Waals surface area contributed by atoms with Crippen molar-refractivity contribution in [2.75, 3.05) is 13.1 Å². The van der Waals surface area contributed by atoms with E-state index in [0.717, 1.165) is 12.0 Å². The number of nitrogens with zero attached hydrogens (tertiary/aromatic N) is 3. The minimum Gasteiger partial charge on any atom is -0.345 e. The van der Waals surface area contributed by atoms with Gasteiger partial charge in [0.2, 0.25) is 11.8 Å². The van der Waals surface area contributed by atoms with Gasteiger partial charge >= 0.3 is 0 Å². The molecule has 110 valence electrons. The van der Waals surface area contributed by atoms with Crippen LogP contribution in [0.1, 0.15) is 25.8 Å². The minimum absolute atomic E-state index is 0.000796. The van der Waals surface area contributed by atoms with Crippen molar-refractivity contribution in [3.63, 3.8) is 0 Å². The number of aryl methyl sites for hydroxylation is 1. The Morgan fingerprint density at radius 1 is 1.45 bits per heavy atom. The highest BCUT2D eigenvalue weighted by molar-refractivity contribution is 5.94. The quantitative estimate of drug-likeness (QED) is 0.844. The summed E-state index contributed by atoms with van der Waals surface area (Å²) in [6, 6.07) is -0.340. The molecule has 6 heteroatoms. The average Bonchev–Trinajstić information content (AvgIpc) is 2.78. The Hall–Kier alpha value is -1.85. The molecule has 2 rings (SSSR count). The first-order valence-electron chi connectivity index (χ1n) is 7.02. The molecule has 1 saturated heterocycles. The fourth-order valence-corrected chi connectivity index (χ4v) is 2.51. The van der Waals surface area contributed by atoms with Crippen LogP contribution >= 0.6 is 0 Å². The molecular formula is C14H22N4O2. The van der Waals surface area contributed by atoms with Gasteiger partial charge in [-0.15, -0.1) is 0 Å². The Morgan fingerprint density at radius 3 is 2.80 bits per heavy atom. The van der Waals surface area contributed by atoms with Gasteiger partial charge in [0.1, 0.15) is 6.04 Å². The molecule has 0 saturated carbocycles. The molecule has 1 aromatic rings. The summed E-state index contributed by atoms with van der Waals surface area (Å²) in [5.41, 5.74) is 1.08. The smallest absolute Gasteiger partial charge is 0.243 e. The van der Waals surface area contributed by atoms with E-state index >= 15 is 0 Å². The first-order valence-corrected chi connectivity index (χ1v) is 7.02. The van der Waals surface area contributed by atoms with Crippen LogP contribution in [0.25, 0.3) is 0 Å². The van der Waals surface area contributed by atoms with E-state index in [1.54, 1.807) is 15.8 Å².